The number of hydrogen-bond acceptors (Lipinski definition) is 3. The van der Waals surface area contributed by atoms with Gasteiger partial charge in [0.1, 0.15) is 5.75 Å². The molecule has 88 valence electrons. The molecule has 0 radical (unpaired) electrons. The van der Waals surface area contributed by atoms with Crippen molar-refractivity contribution in [3.05, 3.63) is 22.2 Å². The molecule has 0 aliphatic rings. The topological polar surface area (TPSA) is 64.3 Å². The van der Waals surface area contributed by atoms with Crippen molar-refractivity contribution in [2.24, 2.45) is 5.73 Å². The summed E-state index contributed by atoms with van der Waals surface area (Å²) in [4.78, 5) is 11.5. The van der Waals surface area contributed by atoms with Crippen molar-refractivity contribution in [1.82, 2.24) is 0 Å². The number of halogens is 1. The van der Waals surface area contributed by atoms with Gasteiger partial charge in [-0.1, -0.05) is 15.9 Å². The minimum absolute atomic E-state index is 0.233. The van der Waals surface area contributed by atoms with Crippen molar-refractivity contribution < 1.29 is 9.53 Å². The molecular weight excluding hydrogens is 272 g/mol. The van der Waals surface area contributed by atoms with Crippen LogP contribution in [-0.4, -0.2) is 19.1 Å². The van der Waals surface area contributed by atoms with E-state index in [9.17, 15) is 4.79 Å². The average Bonchev–Trinajstić information content (AvgIpc) is 2.21. The van der Waals surface area contributed by atoms with Gasteiger partial charge in [0.15, 0.2) is 0 Å². The molecule has 0 saturated heterocycles. The minimum atomic E-state index is -0.548. The number of amides is 1. The monoisotopic (exact) mass is 286 g/mol. The number of carbonyl (C=O) groups is 1. The van der Waals surface area contributed by atoms with Crippen molar-refractivity contribution in [2.75, 3.05) is 12.4 Å². The number of carbonyl (C=O) groups excluding carboxylic acids is 1. The van der Waals surface area contributed by atoms with Crippen LogP contribution < -0.4 is 15.8 Å². The summed E-state index contributed by atoms with van der Waals surface area (Å²) >= 11 is 3.37. The first-order chi connectivity index (χ1) is 7.45. The van der Waals surface area contributed by atoms with Gasteiger partial charge in [-0.15, -0.1) is 0 Å². The summed E-state index contributed by atoms with van der Waals surface area (Å²) in [5.74, 6) is 0.379. The van der Waals surface area contributed by atoms with E-state index in [1.165, 1.54) is 0 Å². The van der Waals surface area contributed by atoms with Gasteiger partial charge in [-0.25, -0.2) is 0 Å². The molecule has 16 heavy (non-hydrogen) atoms. The van der Waals surface area contributed by atoms with Gasteiger partial charge in [0.05, 0.1) is 18.8 Å². The molecule has 0 aliphatic heterocycles. The third-order valence-corrected chi connectivity index (χ3v) is 2.60. The zero-order valence-corrected chi connectivity index (χ0v) is 11.1. The molecule has 1 rings (SSSR count). The molecule has 4 nitrogen and oxygen atoms in total. The van der Waals surface area contributed by atoms with E-state index in [2.05, 4.69) is 21.2 Å². The molecule has 0 spiro atoms. The summed E-state index contributed by atoms with van der Waals surface area (Å²) in [6, 6.07) is 3.15. The normalized spacial score (nSPS) is 12.1. The second-order valence-electron chi connectivity index (χ2n) is 3.58. The van der Waals surface area contributed by atoms with Crippen molar-refractivity contribution in [1.29, 1.82) is 0 Å². The van der Waals surface area contributed by atoms with Crippen LogP contribution in [0.1, 0.15) is 12.5 Å². The van der Waals surface area contributed by atoms with Gasteiger partial charge >= 0.3 is 0 Å². The Morgan fingerprint density at radius 3 is 2.69 bits per heavy atom. The third-order valence-electron chi connectivity index (χ3n) is 2.15. The van der Waals surface area contributed by atoms with E-state index in [1.54, 1.807) is 20.1 Å². The van der Waals surface area contributed by atoms with Crippen molar-refractivity contribution in [3.8, 4) is 5.75 Å². The van der Waals surface area contributed by atoms with E-state index >= 15 is 0 Å². The third kappa shape index (κ3) is 2.96. The largest absolute Gasteiger partial charge is 0.495 e. The number of ether oxygens (including phenoxy) is 1. The zero-order chi connectivity index (χ0) is 12.3. The Balaban J connectivity index is 3.07. The lowest BCUT2D eigenvalue weighted by Gasteiger charge is -2.14. The van der Waals surface area contributed by atoms with Crippen LogP contribution in [0.5, 0.6) is 5.75 Å². The van der Waals surface area contributed by atoms with Gasteiger partial charge in [-0.05, 0) is 31.5 Å². The Morgan fingerprint density at radius 1 is 1.56 bits per heavy atom. The number of benzene rings is 1. The smallest absolute Gasteiger partial charge is 0.241 e. The summed E-state index contributed by atoms with van der Waals surface area (Å²) in [6.45, 7) is 3.53. The summed E-state index contributed by atoms with van der Waals surface area (Å²) in [6.07, 6.45) is 0. The predicted molar refractivity (Wildman–Crippen MR) is 67.7 cm³/mol. The van der Waals surface area contributed by atoms with Crippen LogP contribution in [0, 0.1) is 6.92 Å². The van der Waals surface area contributed by atoms with E-state index in [0.29, 0.717) is 11.4 Å². The van der Waals surface area contributed by atoms with E-state index in [1.807, 2.05) is 13.0 Å². The van der Waals surface area contributed by atoms with Crippen LogP contribution in [-0.2, 0) is 4.79 Å². The molecule has 0 aliphatic carbocycles. The fourth-order valence-corrected chi connectivity index (χ4v) is 1.82. The molecule has 1 aromatic carbocycles. The Hall–Kier alpha value is -1.07. The molecule has 1 amide bonds. The number of aryl methyl sites for hydroxylation is 1. The van der Waals surface area contributed by atoms with Crippen LogP contribution in [0.25, 0.3) is 0 Å². The zero-order valence-electron chi connectivity index (χ0n) is 9.50. The van der Waals surface area contributed by atoms with Gasteiger partial charge < -0.3 is 15.8 Å². The maximum atomic E-state index is 11.5. The minimum Gasteiger partial charge on any atom is -0.495 e. The number of nitrogens with two attached hydrogens (primary N) is 1. The number of methoxy groups -OCH3 is 1. The molecular formula is C11H15BrN2O2. The van der Waals surface area contributed by atoms with Crippen LogP contribution in [0.2, 0.25) is 0 Å². The Kier molecular flexibility index (Phi) is 4.32. The molecule has 1 unspecified atom stereocenters. The Morgan fingerprint density at radius 2 is 2.19 bits per heavy atom. The van der Waals surface area contributed by atoms with Crippen LogP contribution in [0.4, 0.5) is 5.69 Å². The fraction of sp³-hybridized carbons (Fsp3) is 0.364. The molecule has 0 heterocycles. The lowest BCUT2D eigenvalue weighted by Crippen LogP contribution is -2.32. The molecule has 5 heteroatoms. The Labute approximate surface area is 103 Å². The number of anilines is 1. The SMILES string of the molecule is COc1cc(Br)cc(C)c1NC(=O)C(C)N. The lowest BCUT2D eigenvalue weighted by atomic mass is 10.1. The quantitative estimate of drug-likeness (QED) is 0.894. The average molecular weight is 287 g/mol. The van der Waals surface area contributed by atoms with Gasteiger partial charge in [-0.3, -0.25) is 4.79 Å². The van der Waals surface area contributed by atoms with E-state index in [-0.39, 0.29) is 5.91 Å². The molecule has 3 N–H and O–H groups in total. The summed E-state index contributed by atoms with van der Waals surface area (Å²) < 4.78 is 6.11. The molecule has 1 atom stereocenters. The van der Waals surface area contributed by atoms with E-state index in [4.69, 9.17) is 10.5 Å². The van der Waals surface area contributed by atoms with Gasteiger partial charge in [0, 0.05) is 4.47 Å². The maximum Gasteiger partial charge on any atom is 0.241 e. The molecule has 0 saturated carbocycles. The first-order valence-electron chi connectivity index (χ1n) is 4.86. The van der Waals surface area contributed by atoms with Gasteiger partial charge in [0.25, 0.3) is 0 Å². The van der Waals surface area contributed by atoms with Crippen LogP contribution in [0.15, 0.2) is 16.6 Å². The molecule has 0 fully saturated rings. The van der Waals surface area contributed by atoms with Gasteiger partial charge in [0.2, 0.25) is 5.91 Å². The van der Waals surface area contributed by atoms with Gasteiger partial charge in [-0.2, -0.15) is 0 Å². The second kappa shape index (κ2) is 5.32. The number of nitrogens with one attached hydrogen (secondary N) is 1. The first kappa shape index (κ1) is 13.0. The van der Waals surface area contributed by atoms with Crippen molar-refractivity contribution in [2.45, 2.75) is 19.9 Å². The predicted octanol–water partition coefficient (Wildman–Crippen LogP) is 2.05. The van der Waals surface area contributed by atoms with Crippen LogP contribution >= 0.6 is 15.9 Å². The highest BCUT2D eigenvalue weighted by Gasteiger charge is 2.13. The Bertz CT molecular complexity index is 405. The number of rotatable bonds is 3. The summed E-state index contributed by atoms with van der Waals surface area (Å²) in [5, 5.41) is 2.75. The summed E-state index contributed by atoms with van der Waals surface area (Å²) in [5.41, 5.74) is 7.07. The molecule has 0 bridgehead atoms. The van der Waals surface area contributed by atoms with E-state index < -0.39 is 6.04 Å². The molecule has 0 aromatic heterocycles. The fourth-order valence-electron chi connectivity index (χ4n) is 1.27. The molecule has 1 aromatic rings. The first-order valence-corrected chi connectivity index (χ1v) is 5.65. The van der Waals surface area contributed by atoms with E-state index in [0.717, 1.165) is 10.0 Å². The van der Waals surface area contributed by atoms with Crippen molar-refractivity contribution in [3.63, 3.8) is 0 Å². The maximum absolute atomic E-state index is 11.5. The highest BCUT2D eigenvalue weighted by molar-refractivity contribution is 9.10. The lowest BCUT2D eigenvalue weighted by molar-refractivity contribution is -0.117. The second-order valence-corrected chi connectivity index (χ2v) is 4.49. The van der Waals surface area contributed by atoms with Crippen molar-refractivity contribution >= 4 is 27.5 Å². The highest BCUT2D eigenvalue weighted by Crippen LogP contribution is 2.32. The standard InChI is InChI=1S/C11H15BrN2O2/c1-6-4-8(12)5-9(16-3)10(6)14-11(15)7(2)13/h4-5,7H,13H2,1-3H3,(H,14,15). The summed E-state index contributed by atoms with van der Waals surface area (Å²) in [7, 11) is 1.56. The highest BCUT2D eigenvalue weighted by atomic mass is 79.9. The number of hydrogen-bond donors (Lipinski definition) is 2. The van der Waals surface area contributed by atoms with Crippen LogP contribution in [0.3, 0.4) is 0 Å².